The normalized spacial score (nSPS) is 12.6. The van der Waals surface area contributed by atoms with E-state index in [1.165, 1.54) is 0 Å². The van der Waals surface area contributed by atoms with Crippen LogP contribution in [-0.4, -0.2) is 21.5 Å². The zero-order valence-corrected chi connectivity index (χ0v) is 13.5. The lowest BCUT2D eigenvalue weighted by molar-refractivity contribution is 0.505. The van der Waals surface area contributed by atoms with Crippen LogP contribution in [0.15, 0.2) is 29.2 Å². The van der Waals surface area contributed by atoms with Crippen molar-refractivity contribution in [2.75, 3.05) is 13.1 Å². The van der Waals surface area contributed by atoms with E-state index in [4.69, 9.17) is 5.73 Å². The summed E-state index contributed by atoms with van der Waals surface area (Å²) in [5.41, 5.74) is 6.60. The van der Waals surface area contributed by atoms with E-state index in [2.05, 4.69) is 25.5 Å². The second-order valence-corrected chi connectivity index (χ2v) is 7.42. The minimum absolute atomic E-state index is 0.0663. The van der Waals surface area contributed by atoms with E-state index < -0.39 is 10.0 Å². The molecular formula is C15H26N2O2S. The van der Waals surface area contributed by atoms with Crippen LogP contribution in [0.2, 0.25) is 0 Å². The van der Waals surface area contributed by atoms with Crippen LogP contribution in [0.25, 0.3) is 0 Å². The van der Waals surface area contributed by atoms with Crippen molar-refractivity contribution >= 4 is 10.0 Å². The minimum atomic E-state index is -3.40. The third-order valence-corrected chi connectivity index (χ3v) is 5.23. The van der Waals surface area contributed by atoms with Gasteiger partial charge in [-0.3, -0.25) is 0 Å². The highest BCUT2D eigenvalue weighted by atomic mass is 32.2. The molecule has 0 atom stereocenters. The van der Waals surface area contributed by atoms with Crippen LogP contribution < -0.4 is 10.5 Å². The molecule has 0 saturated heterocycles. The van der Waals surface area contributed by atoms with Crippen LogP contribution in [0.1, 0.15) is 45.6 Å². The van der Waals surface area contributed by atoms with Gasteiger partial charge in [-0.2, -0.15) is 0 Å². The molecule has 0 aromatic heterocycles. The Morgan fingerprint density at radius 2 is 1.75 bits per heavy atom. The third-order valence-electron chi connectivity index (χ3n) is 3.75. The molecule has 1 aromatic carbocycles. The fourth-order valence-corrected chi connectivity index (χ4v) is 2.92. The highest BCUT2D eigenvalue weighted by molar-refractivity contribution is 7.89. The maximum atomic E-state index is 12.1. The minimum Gasteiger partial charge on any atom is -0.330 e. The van der Waals surface area contributed by atoms with Crippen LogP contribution in [0.5, 0.6) is 0 Å². The van der Waals surface area contributed by atoms with Gasteiger partial charge in [0, 0.05) is 6.54 Å². The summed E-state index contributed by atoms with van der Waals surface area (Å²) in [6.07, 6.45) is 2.60. The molecule has 0 aliphatic carbocycles. The summed E-state index contributed by atoms with van der Waals surface area (Å²) in [6.45, 7) is 7.46. The third kappa shape index (κ3) is 4.58. The maximum absolute atomic E-state index is 12.1. The summed E-state index contributed by atoms with van der Waals surface area (Å²) in [4.78, 5) is 0.320. The Labute approximate surface area is 122 Å². The topological polar surface area (TPSA) is 72.2 Å². The van der Waals surface area contributed by atoms with Crippen molar-refractivity contribution in [3.63, 3.8) is 0 Å². The van der Waals surface area contributed by atoms with E-state index in [1.54, 1.807) is 12.1 Å². The summed E-state index contributed by atoms with van der Waals surface area (Å²) in [5, 5.41) is 0. The smallest absolute Gasteiger partial charge is 0.240 e. The van der Waals surface area contributed by atoms with Gasteiger partial charge in [-0.05, 0) is 48.9 Å². The number of unbranched alkanes of at least 4 members (excludes halogenated alkanes) is 1. The van der Waals surface area contributed by atoms with Gasteiger partial charge < -0.3 is 5.73 Å². The molecule has 0 fully saturated rings. The van der Waals surface area contributed by atoms with Gasteiger partial charge in [-0.25, -0.2) is 13.1 Å². The van der Waals surface area contributed by atoms with Gasteiger partial charge in [0.1, 0.15) is 0 Å². The Kier molecular flexibility index (Phi) is 6.17. The lowest BCUT2D eigenvalue weighted by Crippen LogP contribution is -2.25. The lowest BCUT2D eigenvalue weighted by Gasteiger charge is -2.23. The first-order valence-corrected chi connectivity index (χ1v) is 8.62. The lowest BCUT2D eigenvalue weighted by atomic mass is 9.82. The van der Waals surface area contributed by atoms with E-state index in [0.29, 0.717) is 18.0 Å². The molecule has 0 saturated carbocycles. The molecule has 0 unspecified atom stereocenters. The monoisotopic (exact) mass is 298 g/mol. The number of nitrogens with two attached hydrogens (primary N) is 1. The first kappa shape index (κ1) is 17.1. The average Bonchev–Trinajstić information content (AvgIpc) is 2.44. The van der Waals surface area contributed by atoms with Gasteiger partial charge in [0.2, 0.25) is 10.0 Å². The summed E-state index contributed by atoms with van der Waals surface area (Å²) in [5.74, 6) is 0. The predicted molar refractivity (Wildman–Crippen MR) is 83.2 cm³/mol. The standard InChI is InChI=1S/C15H26N2O2S/c1-4-15(2,3)13-7-9-14(10-8-13)20(18,19)17-12-6-5-11-16/h7-10,17H,4-6,11-12,16H2,1-3H3. The van der Waals surface area contributed by atoms with Crippen molar-refractivity contribution in [1.29, 1.82) is 0 Å². The number of hydrogen-bond donors (Lipinski definition) is 2. The largest absolute Gasteiger partial charge is 0.330 e. The van der Waals surface area contributed by atoms with E-state index in [1.807, 2.05) is 12.1 Å². The number of hydrogen-bond acceptors (Lipinski definition) is 3. The summed E-state index contributed by atoms with van der Waals surface area (Å²) < 4.78 is 26.8. The van der Waals surface area contributed by atoms with Crippen LogP contribution in [0, 0.1) is 0 Å². The molecule has 0 aliphatic heterocycles. The van der Waals surface area contributed by atoms with Gasteiger partial charge in [-0.15, -0.1) is 0 Å². The van der Waals surface area contributed by atoms with Crippen molar-refractivity contribution in [2.45, 2.75) is 50.3 Å². The Hall–Kier alpha value is -0.910. The highest BCUT2D eigenvalue weighted by Gasteiger charge is 2.19. The Balaban J connectivity index is 2.77. The predicted octanol–water partition coefficient (Wildman–Crippen LogP) is 2.39. The van der Waals surface area contributed by atoms with E-state index in [9.17, 15) is 8.42 Å². The van der Waals surface area contributed by atoms with Gasteiger partial charge in [0.25, 0.3) is 0 Å². The first-order valence-electron chi connectivity index (χ1n) is 7.14. The van der Waals surface area contributed by atoms with Crippen molar-refractivity contribution < 1.29 is 8.42 Å². The van der Waals surface area contributed by atoms with Gasteiger partial charge in [-0.1, -0.05) is 32.9 Å². The van der Waals surface area contributed by atoms with Gasteiger partial charge in [0.15, 0.2) is 0 Å². The van der Waals surface area contributed by atoms with Crippen molar-refractivity contribution in [1.82, 2.24) is 4.72 Å². The highest BCUT2D eigenvalue weighted by Crippen LogP contribution is 2.27. The van der Waals surface area contributed by atoms with Crippen LogP contribution >= 0.6 is 0 Å². The van der Waals surface area contributed by atoms with E-state index >= 15 is 0 Å². The molecule has 0 heterocycles. The number of nitrogens with one attached hydrogen (secondary N) is 1. The van der Waals surface area contributed by atoms with Crippen LogP contribution in [-0.2, 0) is 15.4 Å². The molecule has 1 rings (SSSR count). The maximum Gasteiger partial charge on any atom is 0.240 e. The Bertz CT molecular complexity index is 507. The fraction of sp³-hybridized carbons (Fsp3) is 0.600. The second kappa shape index (κ2) is 7.20. The molecule has 4 nitrogen and oxygen atoms in total. The Morgan fingerprint density at radius 1 is 1.15 bits per heavy atom. The first-order chi connectivity index (χ1) is 9.33. The second-order valence-electron chi connectivity index (χ2n) is 5.66. The van der Waals surface area contributed by atoms with E-state index in [0.717, 1.165) is 24.8 Å². The molecule has 0 aliphatic rings. The molecular weight excluding hydrogens is 272 g/mol. The summed E-state index contributed by atoms with van der Waals surface area (Å²) >= 11 is 0. The molecule has 5 heteroatoms. The van der Waals surface area contributed by atoms with Crippen molar-refractivity contribution in [3.05, 3.63) is 29.8 Å². The quantitative estimate of drug-likeness (QED) is 0.724. The van der Waals surface area contributed by atoms with Crippen LogP contribution in [0.3, 0.4) is 0 Å². The molecule has 0 radical (unpaired) electrons. The molecule has 0 bridgehead atoms. The number of sulfonamides is 1. The van der Waals surface area contributed by atoms with Crippen molar-refractivity contribution in [2.24, 2.45) is 5.73 Å². The average molecular weight is 298 g/mol. The summed E-state index contributed by atoms with van der Waals surface area (Å²) in [6, 6.07) is 7.16. The number of benzene rings is 1. The summed E-state index contributed by atoms with van der Waals surface area (Å²) in [7, 11) is -3.40. The van der Waals surface area contributed by atoms with Gasteiger partial charge in [0.05, 0.1) is 4.90 Å². The molecule has 20 heavy (non-hydrogen) atoms. The number of rotatable bonds is 8. The molecule has 0 amide bonds. The van der Waals surface area contributed by atoms with E-state index in [-0.39, 0.29) is 5.41 Å². The molecule has 1 aromatic rings. The van der Waals surface area contributed by atoms with Gasteiger partial charge >= 0.3 is 0 Å². The van der Waals surface area contributed by atoms with Crippen LogP contribution in [0.4, 0.5) is 0 Å². The zero-order valence-electron chi connectivity index (χ0n) is 12.6. The molecule has 0 spiro atoms. The SMILES string of the molecule is CCC(C)(C)c1ccc(S(=O)(=O)NCCCCN)cc1. The zero-order chi connectivity index (χ0) is 15.2. The fourth-order valence-electron chi connectivity index (χ4n) is 1.85. The molecule has 3 N–H and O–H groups in total. The Morgan fingerprint density at radius 3 is 2.25 bits per heavy atom. The molecule has 114 valence electrons. The van der Waals surface area contributed by atoms with Crippen molar-refractivity contribution in [3.8, 4) is 0 Å².